The Kier molecular flexibility index (Phi) is 4.44. The highest BCUT2D eigenvalue weighted by Crippen LogP contribution is 2.33. The van der Waals surface area contributed by atoms with Gasteiger partial charge in [0.25, 0.3) is 0 Å². The summed E-state index contributed by atoms with van der Waals surface area (Å²) in [5.74, 6) is 1.54. The highest BCUT2D eigenvalue weighted by atomic mass is 16.6. The van der Waals surface area contributed by atoms with Gasteiger partial charge in [0.1, 0.15) is 12.2 Å². The molecule has 0 aliphatic heterocycles. The van der Waals surface area contributed by atoms with Crippen LogP contribution in [0.1, 0.15) is 13.3 Å². The average molecular weight is 251 g/mol. The zero-order chi connectivity index (χ0) is 13.0. The second kappa shape index (κ2) is 6.07. The maximum atomic E-state index is 5.96. The van der Waals surface area contributed by atoms with Gasteiger partial charge in [-0.3, -0.25) is 0 Å². The van der Waals surface area contributed by atoms with E-state index in [1.165, 1.54) is 0 Å². The minimum absolute atomic E-state index is 0.0929. The molecule has 4 nitrogen and oxygen atoms in total. The van der Waals surface area contributed by atoms with Gasteiger partial charge in [-0.15, -0.1) is 0 Å². The maximum absolute atomic E-state index is 5.96. The molecule has 4 heteroatoms. The van der Waals surface area contributed by atoms with Gasteiger partial charge in [-0.2, -0.15) is 0 Å². The summed E-state index contributed by atoms with van der Waals surface area (Å²) in [7, 11) is 3.38. The van der Waals surface area contributed by atoms with E-state index in [0.29, 0.717) is 6.04 Å². The zero-order valence-electron chi connectivity index (χ0n) is 11.2. The van der Waals surface area contributed by atoms with Crippen LogP contribution in [-0.4, -0.2) is 39.0 Å². The van der Waals surface area contributed by atoms with Crippen LogP contribution in [0.2, 0.25) is 0 Å². The number of hydrogen-bond acceptors (Lipinski definition) is 4. The summed E-state index contributed by atoms with van der Waals surface area (Å²) < 4.78 is 16.7. The summed E-state index contributed by atoms with van der Waals surface area (Å²) in [5, 5.41) is 3.39. The minimum atomic E-state index is 0.0929. The standard InChI is InChI=1S/C14H21NO3/c1-4-15-10-9-13(14(10)17-3)18-12-8-6-5-7-11(12)16-2/h5-8,10,13-15H,4,9H2,1-3H3. The van der Waals surface area contributed by atoms with E-state index in [1.807, 2.05) is 24.3 Å². The highest BCUT2D eigenvalue weighted by Gasteiger charge is 2.43. The van der Waals surface area contributed by atoms with Crippen LogP contribution in [0.3, 0.4) is 0 Å². The van der Waals surface area contributed by atoms with Gasteiger partial charge >= 0.3 is 0 Å². The van der Waals surface area contributed by atoms with E-state index in [1.54, 1.807) is 14.2 Å². The molecule has 0 saturated heterocycles. The molecule has 100 valence electrons. The van der Waals surface area contributed by atoms with Crippen LogP contribution in [0.15, 0.2) is 24.3 Å². The fourth-order valence-electron chi connectivity index (χ4n) is 2.35. The molecular formula is C14H21NO3. The van der Waals surface area contributed by atoms with Crippen molar-refractivity contribution in [3.63, 3.8) is 0 Å². The Labute approximate surface area is 108 Å². The van der Waals surface area contributed by atoms with E-state index in [0.717, 1.165) is 24.5 Å². The third-order valence-electron chi connectivity index (χ3n) is 3.34. The number of hydrogen-bond donors (Lipinski definition) is 1. The van der Waals surface area contributed by atoms with Crippen LogP contribution in [0.4, 0.5) is 0 Å². The molecule has 0 spiro atoms. The topological polar surface area (TPSA) is 39.7 Å². The molecule has 18 heavy (non-hydrogen) atoms. The molecule has 1 aliphatic carbocycles. The van der Waals surface area contributed by atoms with Gasteiger partial charge in [0.05, 0.1) is 7.11 Å². The predicted octanol–water partition coefficient (Wildman–Crippen LogP) is 1.84. The van der Waals surface area contributed by atoms with Crippen LogP contribution >= 0.6 is 0 Å². The fraction of sp³-hybridized carbons (Fsp3) is 0.571. The third kappa shape index (κ3) is 2.60. The van der Waals surface area contributed by atoms with Crippen LogP contribution in [-0.2, 0) is 4.74 Å². The Morgan fingerprint density at radius 1 is 1.22 bits per heavy atom. The van der Waals surface area contributed by atoms with E-state index in [9.17, 15) is 0 Å². The predicted molar refractivity (Wildman–Crippen MR) is 70.3 cm³/mol. The summed E-state index contributed by atoms with van der Waals surface area (Å²) >= 11 is 0. The Morgan fingerprint density at radius 3 is 2.56 bits per heavy atom. The minimum Gasteiger partial charge on any atom is -0.493 e. The molecule has 3 unspecified atom stereocenters. The van der Waals surface area contributed by atoms with E-state index in [2.05, 4.69) is 12.2 Å². The van der Waals surface area contributed by atoms with Crippen molar-refractivity contribution in [3.8, 4) is 11.5 Å². The summed E-state index contributed by atoms with van der Waals surface area (Å²) in [6.45, 7) is 3.05. The first-order chi connectivity index (χ1) is 8.80. The Hall–Kier alpha value is -1.26. The van der Waals surface area contributed by atoms with Crippen molar-refractivity contribution in [2.45, 2.75) is 31.6 Å². The molecular weight excluding hydrogens is 230 g/mol. The van der Waals surface area contributed by atoms with Gasteiger partial charge in [0, 0.05) is 19.6 Å². The smallest absolute Gasteiger partial charge is 0.161 e. The fourth-order valence-corrected chi connectivity index (χ4v) is 2.35. The highest BCUT2D eigenvalue weighted by molar-refractivity contribution is 5.39. The van der Waals surface area contributed by atoms with E-state index in [4.69, 9.17) is 14.2 Å². The molecule has 0 aromatic heterocycles. The first-order valence-electron chi connectivity index (χ1n) is 6.36. The molecule has 1 saturated carbocycles. The molecule has 0 bridgehead atoms. The number of ether oxygens (including phenoxy) is 3. The number of benzene rings is 1. The van der Waals surface area contributed by atoms with E-state index in [-0.39, 0.29) is 12.2 Å². The van der Waals surface area contributed by atoms with Crippen molar-refractivity contribution < 1.29 is 14.2 Å². The van der Waals surface area contributed by atoms with Gasteiger partial charge in [-0.1, -0.05) is 19.1 Å². The van der Waals surface area contributed by atoms with Crippen molar-refractivity contribution in [3.05, 3.63) is 24.3 Å². The summed E-state index contributed by atoms with van der Waals surface area (Å²) in [6.07, 6.45) is 1.16. The van der Waals surface area contributed by atoms with E-state index >= 15 is 0 Å². The Balaban J connectivity index is 1.98. The SMILES string of the molecule is CCNC1CC(Oc2ccccc2OC)C1OC. The number of para-hydroxylation sites is 2. The molecule has 0 radical (unpaired) electrons. The van der Waals surface area contributed by atoms with Crippen molar-refractivity contribution in [2.75, 3.05) is 20.8 Å². The van der Waals surface area contributed by atoms with Gasteiger partial charge in [-0.05, 0) is 18.7 Å². The second-order valence-electron chi connectivity index (χ2n) is 4.41. The van der Waals surface area contributed by atoms with Crippen molar-refractivity contribution in [1.29, 1.82) is 0 Å². The van der Waals surface area contributed by atoms with Gasteiger partial charge < -0.3 is 19.5 Å². The summed E-state index contributed by atoms with van der Waals surface area (Å²) in [4.78, 5) is 0. The maximum Gasteiger partial charge on any atom is 0.161 e. The van der Waals surface area contributed by atoms with Crippen LogP contribution in [0.25, 0.3) is 0 Å². The molecule has 0 heterocycles. The zero-order valence-corrected chi connectivity index (χ0v) is 11.2. The van der Waals surface area contributed by atoms with Gasteiger partial charge in [-0.25, -0.2) is 0 Å². The third-order valence-corrected chi connectivity index (χ3v) is 3.34. The monoisotopic (exact) mass is 251 g/mol. The first-order valence-corrected chi connectivity index (χ1v) is 6.36. The molecule has 0 amide bonds. The lowest BCUT2D eigenvalue weighted by molar-refractivity contribution is -0.0889. The molecule has 1 aromatic carbocycles. The lowest BCUT2D eigenvalue weighted by atomic mass is 9.85. The molecule has 1 aromatic rings. The van der Waals surface area contributed by atoms with Crippen LogP contribution in [0.5, 0.6) is 11.5 Å². The van der Waals surface area contributed by atoms with Crippen molar-refractivity contribution in [1.82, 2.24) is 5.32 Å². The molecule has 3 atom stereocenters. The number of likely N-dealkylation sites (N-methyl/N-ethyl adjacent to an activating group) is 1. The van der Waals surface area contributed by atoms with E-state index < -0.39 is 0 Å². The van der Waals surface area contributed by atoms with Crippen molar-refractivity contribution in [2.24, 2.45) is 0 Å². The Bertz CT molecular complexity index is 383. The normalized spacial score (nSPS) is 26.5. The van der Waals surface area contributed by atoms with Gasteiger partial charge in [0.15, 0.2) is 11.5 Å². The summed E-state index contributed by atoms with van der Waals surface area (Å²) in [5.41, 5.74) is 0. The molecule has 1 N–H and O–H groups in total. The lowest BCUT2D eigenvalue weighted by Crippen LogP contribution is -2.60. The number of methoxy groups -OCH3 is 2. The average Bonchev–Trinajstić information content (AvgIpc) is 2.38. The molecule has 1 aliphatic rings. The number of nitrogens with one attached hydrogen (secondary N) is 1. The Morgan fingerprint density at radius 2 is 1.94 bits per heavy atom. The quantitative estimate of drug-likeness (QED) is 0.837. The molecule has 2 rings (SSSR count). The molecule has 1 fully saturated rings. The lowest BCUT2D eigenvalue weighted by Gasteiger charge is -2.43. The largest absolute Gasteiger partial charge is 0.493 e. The summed E-state index contributed by atoms with van der Waals surface area (Å²) in [6, 6.07) is 8.09. The van der Waals surface area contributed by atoms with Crippen molar-refractivity contribution >= 4 is 0 Å². The second-order valence-corrected chi connectivity index (χ2v) is 4.41. The van der Waals surface area contributed by atoms with Gasteiger partial charge in [0.2, 0.25) is 0 Å². The van der Waals surface area contributed by atoms with Crippen LogP contribution in [0, 0.1) is 0 Å². The number of rotatable bonds is 6. The first kappa shape index (κ1) is 13.2. The van der Waals surface area contributed by atoms with Crippen LogP contribution < -0.4 is 14.8 Å².